The van der Waals surface area contributed by atoms with Crippen LogP contribution < -0.4 is 5.32 Å². The van der Waals surface area contributed by atoms with Crippen molar-refractivity contribution < 1.29 is 22.8 Å². The Kier molecular flexibility index (Phi) is 2.97. The normalized spacial score (nSPS) is 18.8. The van der Waals surface area contributed by atoms with Gasteiger partial charge in [-0.1, -0.05) is 0 Å². The zero-order valence-corrected chi connectivity index (χ0v) is 7.23. The molecule has 0 radical (unpaired) electrons. The number of nitrogens with one attached hydrogen (secondary N) is 1. The van der Waals surface area contributed by atoms with Gasteiger partial charge in [0.25, 0.3) is 0 Å². The molecule has 1 aliphatic rings. The van der Waals surface area contributed by atoms with Crippen molar-refractivity contribution in [2.24, 2.45) is 0 Å². The molecular formula is C7H9F3N2O2. The minimum absolute atomic E-state index is 0.0701. The second-order valence-electron chi connectivity index (χ2n) is 2.89. The van der Waals surface area contributed by atoms with E-state index in [1.807, 2.05) is 0 Å². The average Bonchev–Trinajstić information content (AvgIpc) is 2.27. The van der Waals surface area contributed by atoms with Crippen LogP contribution in [0.5, 0.6) is 0 Å². The molecular weight excluding hydrogens is 201 g/mol. The summed E-state index contributed by atoms with van der Waals surface area (Å²) < 4.78 is 35.9. The fourth-order valence-electron chi connectivity index (χ4n) is 1.15. The summed E-state index contributed by atoms with van der Waals surface area (Å²) in [6.07, 6.45) is -4.94. The molecule has 80 valence electrons. The maximum absolute atomic E-state index is 12.0. The van der Waals surface area contributed by atoms with Gasteiger partial charge in [0.15, 0.2) is 0 Å². The molecule has 0 aromatic heterocycles. The van der Waals surface area contributed by atoms with Gasteiger partial charge in [-0.15, -0.1) is 0 Å². The maximum atomic E-state index is 12.0. The van der Waals surface area contributed by atoms with Crippen LogP contribution in [0.3, 0.4) is 0 Å². The van der Waals surface area contributed by atoms with E-state index in [1.165, 1.54) is 0 Å². The second-order valence-corrected chi connectivity index (χ2v) is 2.89. The van der Waals surface area contributed by atoms with Crippen LogP contribution >= 0.6 is 0 Å². The Morgan fingerprint density at radius 3 is 2.57 bits per heavy atom. The van der Waals surface area contributed by atoms with Crippen molar-refractivity contribution in [3.05, 3.63) is 0 Å². The molecule has 0 atom stereocenters. The molecule has 0 aromatic carbocycles. The van der Waals surface area contributed by atoms with E-state index in [0.29, 0.717) is 4.90 Å². The maximum Gasteiger partial charge on any atom is 0.471 e. The molecule has 4 nitrogen and oxygen atoms in total. The topological polar surface area (TPSA) is 49.4 Å². The van der Waals surface area contributed by atoms with Gasteiger partial charge in [0.05, 0.1) is 0 Å². The van der Waals surface area contributed by atoms with Gasteiger partial charge < -0.3 is 10.2 Å². The van der Waals surface area contributed by atoms with Crippen molar-refractivity contribution in [1.82, 2.24) is 10.2 Å². The number of hydrogen-bond acceptors (Lipinski definition) is 2. The SMILES string of the molecule is O=C1CCN(C(=O)C(F)(F)F)CCN1. The molecule has 0 spiro atoms. The van der Waals surface area contributed by atoms with E-state index >= 15 is 0 Å². The molecule has 1 fully saturated rings. The molecule has 7 heteroatoms. The van der Waals surface area contributed by atoms with E-state index in [4.69, 9.17) is 0 Å². The first-order valence-electron chi connectivity index (χ1n) is 4.04. The van der Waals surface area contributed by atoms with Crippen LogP contribution in [0.1, 0.15) is 6.42 Å². The smallest absolute Gasteiger partial charge is 0.354 e. The number of nitrogens with zero attached hydrogens (tertiary/aromatic N) is 1. The molecule has 1 aliphatic heterocycles. The van der Waals surface area contributed by atoms with Gasteiger partial charge >= 0.3 is 12.1 Å². The van der Waals surface area contributed by atoms with Crippen molar-refractivity contribution in [2.45, 2.75) is 12.6 Å². The standard InChI is InChI=1S/C7H9F3N2O2/c8-7(9,10)6(14)12-3-1-5(13)11-2-4-12/h1-4H2,(H,11,13). The predicted molar refractivity (Wildman–Crippen MR) is 40.3 cm³/mol. The first-order valence-corrected chi connectivity index (χ1v) is 4.04. The van der Waals surface area contributed by atoms with Crippen molar-refractivity contribution in [2.75, 3.05) is 19.6 Å². The number of amides is 2. The first kappa shape index (κ1) is 10.8. The summed E-state index contributed by atoms with van der Waals surface area (Å²) in [6, 6.07) is 0. The van der Waals surface area contributed by atoms with Gasteiger partial charge in [-0.2, -0.15) is 13.2 Å². The number of rotatable bonds is 0. The number of alkyl halides is 3. The van der Waals surface area contributed by atoms with Crippen molar-refractivity contribution >= 4 is 11.8 Å². The Labute approximate surface area is 78.1 Å². The Bertz CT molecular complexity index is 252. The van der Waals surface area contributed by atoms with Gasteiger partial charge in [-0.3, -0.25) is 9.59 Å². The summed E-state index contributed by atoms with van der Waals surface area (Å²) in [7, 11) is 0. The molecule has 1 N–H and O–H groups in total. The molecule has 0 bridgehead atoms. The lowest BCUT2D eigenvalue weighted by atomic mass is 10.3. The highest BCUT2D eigenvalue weighted by atomic mass is 19.4. The van der Waals surface area contributed by atoms with Crippen molar-refractivity contribution in [3.63, 3.8) is 0 Å². The summed E-state index contributed by atoms with van der Waals surface area (Å²) in [5.74, 6) is -2.21. The van der Waals surface area contributed by atoms with E-state index < -0.39 is 12.1 Å². The Morgan fingerprint density at radius 1 is 1.36 bits per heavy atom. The third kappa shape index (κ3) is 2.61. The highest BCUT2D eigenvalue weighted by molar-refractivity contribution is 5.83. The van der Waals surface area contributed by atoms with Crippen LogP contribution in [-0.4, -0.2) is 42.5 Å². The number of hydrogen-bond donors (Lipinski definition) is 1. The van der Waals surface area contributed by atoms with E-state index in [1.54, 1.807) is 0 Å². The minimum Gasteiger partial charge on any atom is -0.354 e. The fourth-order valence-corrected chi connectivity index (χ4v) is 1.15. The van der Waals surface area contributed by atoms with E-state index in [-0.39, 0.29) is 32.0 Å². The first-order chi connectivity index (χ1) is 6.41. The summed E-state index contributed by atoms with van der Waals surface area (Å²) >= 11 is 0. The number of carbonyl (C=O) groups excluding carboxylic acids is 2. The molecule has 1 heterocycles. The monoisotopic (exact) mass is 210 g/mol. The zero-order chi connectivity index (χ0) is 10.8. The van der Waals surface area contributed by atoms with Crippen LogP contribution in [-0.2, 0) is 9.59 Å². The highest BCUT2D eigenvalue weighted by Crippen LogP contribution is 2.18. The third-order valence-corrected chi connectivity index (χ3v) is 1.84. The molecule has 0 aromatic rings. The van der Waals surface area contributed by atoms with Crippen LogP contribution in [0, 0.1) is 0 Å². The molecule has 0 saturated carbocycles. The summed E-state index contributed by atoms with van der Waals surface area (Å²) in [4.78, 5) is 22.1. The summed E-state index contributed by atoms with van der Waals surface area (Å²) in [5, 5.41) is 2.38. The van der Waals surface area contributed by atoms with Gasteiger partial charge in [0.1, 0.15) is 0 Å². The van der Waals surface area contributed by atoms with Crippen molar-refractivity contribution in [1.29, 1.82) is 0 Å². The van der Waals surface area contributed by atoms with Gasteiger partial charge in [-0.25, -0.2) is 0 Å². The van der Waals surface area contributed by atoms with Crippen LogP contribution in [0.25, 0.3) is 0 Å². The molecule has 2 amide bonds. The van der Waals surface area contributed by atoms with Crippen molar-refractivity contribution in [3.8, 4) is 0 Å². The Balaban J connectivity index is 2.60. The largest absolute Gasteiger partial charge is 0.471 e. The Morgan fingerprint density at radius 2 is 2.00 bits per heavy atom. The van der Waals surface area contributed by atoms with Gasteiger partial charge in [0.2, 0.25) is 5.91 Å². The zero-order valence-electron chi connectivity index (χ0n) is 7.23. The minimum atomic E-state index is -4.85. The van der Waals surface area contributed by atoms with Crippen LogP contribution in [0.2, 0.25) is 0 Å². The predicted octanol–water partition coefficient (Wildman–Crippen LogP) is -0.103. The van der Waals surface area contributed by atoms with E-state index in [2.05, 4.69) is 5.32 Å². The number of carbonyl (C=O) groups is 2. The number of halogens is 3. The molecule has 1 saturated heterocycles. The quantitative estimate of drug-likeness (QED) is 0.606. The van der Waals surface area contributed by atoms with Gasteiger partial charge in [0, 0.05) is 26.1 Å². The molecule has 14 heavy (non-hydrogen) atoms. The molecule has 0 aliphatic carbocycles. The molecule has 1 rings (SSSR count). The Hall–Kier alpha value is -1.27. The second kappa shape index (κ2) is 3.85. The third-order valence-electron chi connectivity index (χ3n) is 1.84. The van der Waals surface area contributed by atoms with Crippen LogP contribution in [0.4, 0.5) is 13.2 Å². The summed E-state index contributed by atoms with van der Waals surface area (Å²) in [6.45, 7) is -0.199. The fraction of sp³-hybridized carbons (Fsp3) is 0.714. The van der Waals surface area contributed by atoms with Crippen LogP contribution in [0.15, 0.2) is 0 Å². The lowest BCUT2D eigenvalue weighted by Gasteiger charge is -2.20. The lowest BCUT2D eigenvalue weighted by molar-refractivity contribution is -0.185. The lowest BCUT2D eigenvalue weighted by Crippen LogP contribution is -2.42. The molecule has 0 unspecified atom stereocenters. The van der Waals surface area contributed by atoms with E-state index in [0.717, 1.165) is 0 Å². The van der Waals surface area contributed by atoms with Gasteiger partial charge in [-0.05, 0) is 0 Å². The average molecular weight is 210 g/mol. The van der Waals surface area contributed by atoms with E-state index in [9.17, 15) is 22.8 Å². The highest BCUT2D eigenvalue weighted by Gasteiger charge is 2.42. The summed E-state index contributed by atoms with van der Waals surface area (Å²) in [5.41, 5.74) is 0.